The Morgan fingerprint density at radius 3 is 2.52 bits per heavy atom. The molecule has 2 amide bonds. The molecule has 0 aromatic heterocycles. The molecule has 1 heterocycles. The van der Waals surface area contributed by atoms with E-state index < -0.39 is 6.04 Å². The number of amides is 2. The number of hydrogen-bond donors (Lipinski definition) is 2. The SMILES string of the molecule is C[C@H](NC(=O)[C@H]1CCCN1C(=O)c1ccccc1O)c1ccccc1. The van der Waals surface area contributed by atoms with Gasteiger partial charge in [-0.25, -0.2) is 0 Å². The highest BCUT2D eigenvalue weighted by molar-refractivity contribution is 5.99. The van der Waals surface area contributed by atoms with Gasteiger partial charge in [0.25, 0.3) is 5.91 Å². The molecule has 3 rings (SSSR count). The van der Waals surface area contributed by atoms with Gasteiger partial charge in [-0.2, -0.15) is 0 Å². The number of hydrogen-bond acceptors (Lipinski definition) is 3. The van der Waals surface area contributed by atoms with Gasteiger partial charge in [0, 0.05) is 6.54 Å². The molecule has 25 heavy (non-hydrogen) atoms. The first-order valence-corrected chi connectivity index (χ1v) is 8.52. The predicted octanol–water partition coefficient (Wildman–Crippen LogP) is 2.87. The van der Waals surface area contributed by atoms with Gasteiger partial charge < -0.3 is 15.3 Å². The van der Waals surface area contributed by atoms with E-state index in [4.69, 9.17) is 0 Å². The van der Waals surface area contributed by atoms with Crippen molar-refractivity contribution in [2.75, 3.05) is 6.54 Å². The van der Waals surface area contributed by atoms with E-state index in [9.17, 15) is 14.7 Å². The number of nitrogens with one attached hydrogen (secondary N) is 1. The van der Waals surface area contributed by atoms with Crippen LogP contribution in [0.15, 0.2) is 54.6 Å². The number of carbonyl (C=O) groups is 2. The summed E-state index contributed by atoms with van der Waals surface area (Å²) in [5.74, 6) is -0.517. The fraction of sp³-hybridized carbons (Fsp3) is 0.300. The van der Waals surface area contributed by atoms with Gasteiger partial charge in [-0.3, -0.25) is 9.59 Å². The first-order chi connectivity index (χ1) is 12.1. The van der Waals surface area contributed by atoms with Crippen LogP contribution in [0, 0.1) is 0 Å². The van der Waals surface area contributed by atoms with Crippen LogP contribution in [0.1, 0.15) is 41.7 Å². The van der Waals surface area contributed by atoms with Crippen molar-refractivity contribution < 1.29 is 14.7 Å². The van der Waals surface area contributed by atoms with Gasteiger partial charge in [0.15, 0.2) is 0 Å². The van der Waals surface area contributed by atoms with Crippen molar-refractivity contribution in [1.82, 2.24) is 10.2 Å². The molecule has 130 valence electrons. The molecular formula is C20H22N2O3. The summed E-state index contributed by atoms with van der Waals surface area (Å²) < 4.78 is 0. The number of rotatable bonds is 4. The van der Waals surface area contributed by atoms with E-state index in [1.807, 2.05) is 37.3 Å². The maximum Gasteiger partial charge on any atom is 0.258 e. The number of aromatic hydroxyl groups is 1. The van der Waals surface area contributed by atoms with Gasteiger partial charge in [-0.1, -0.05) is 42.5 Å². The Morgan fingerprint density at radius 1 is 1.12 bits per heavy atom. The monoisotopic (exact) mass is 338 g/mol. The van der Waals surface area contributed by atoms with Crippen LogP contribution in [0.2, 0.25) is 0 Å². The third kappa shape index (κ3) is 3.65. The third-order valence-corrected chi connectivity index (χ3v) is 4.61. The van der Waals surface area contributed by atoms with E-state index in [-0.39, 0.29) is 29.2 Å². The van der Waals surface area contributed by atoms with Gasteiger partial charge >= 0.3 is 0 Å². The number of para-hydroxylation sites is 1. The molecule has 0 aliphatic carbocycles. The zero-order valence-electron chi connectivity index (χ0n) is 14.2. The fourth-order valence-corrected chi connectivity index (χ4v) is 3.23. The minimum atomic E-state index is -0.502. The molecule has 0 saturated carbocycles. The first-order valence-electron chi connectivity index (χ1n) is 8.52. The Balaban J connectivity index is 1.72. The molecule has 2 atom stereocenters. The Bertz CT molecular complexity index is 761. The maximum absolute atomic E-state index is 12.7. The zero-order valence-corrected chi connectivity index (χ0v) is 14.2. The number of benzene rings is 2. The van der Waals surface area contributed by atoms with Crippen molar-refractivity contribution in [3.63, 3.8) is 0 Å². The van der Waals surface area contributed by atoms with Crippen LogP contribution in [-0.2, 0) is 4.79 Å². The van der Waals surface area contributed by atoms with Crippen LogP contribution in [0.5, 0.6) is 5.75 Å². The normalized spacial score (nSPS) is 18.0. The standard InChI is InChI=1S/C20H22N2O3/c1-14(15-8-3-2-4-9-15)21-19(24)17-11-7-13-22(17)20(25)16-10-5-6-12-18(16)23/h2-6,8-10,12,14,17,23H,7,11,13H2,1H3,(H,21,24)/t14-,17+/m0/s1. The average molecular weight is 338 g/mol. The van der Waals surface area contributed by atoms with Crippen LogP contribution in [-0.4, -0.2) is 34.4 Å². The number of carbonyl (C=O) groups excluding carboxylic acids is 2. The van der Waals surface area contributed by atoms with Crippen LogP contribution in [0.3, 0.4) is 0 Å². The van der Waals surface area contributed by atoms with Crippen LogP contribution < -0.4 is 5.32 Å². The topological polar surface area (TPSA) is 69.6 Å². The largest absolute Gasteiger partial charge is 0.507 e. The van der Waals surface area contributed by atoms with Crippen molar-refractivity contribution in [2.24, 2.45) is 0 Å². The van der Waals surface area contributed by atoms with Crippen molar-refractivity contribution in [3.05, 3.63) is 65.7 Å². The predicted molar refractivity (Wildman–Crippen MR) is 95.2 cm³/mol. The maximum atomic E-state index is 12.7. The molecule has 5 nitrogen and oxygen atoms in total. The molecule has 1 aliphatic rings. The lowest BCUT2D eigenvalue weighted by Crippen LogP contribution is -2.46. The van der Waals surface area contributed by atoms with Gasteiger partial charge in [0.2, 0.25) is 5.91 Å². The number of nitrogens with zero attached hydrogens (tertiary/aromatic N) is 1. The second kappa shape index (κ2) is 7.38. The zero-order chi connectivity index (χ0) is 17.8. The summed E-state index contributed by atoms with van der Waals surface area (Å²) in [7, 11) is 0. The van der Waals surface area contributed by atoms with Gasteiger partial charge in [0.05, 0.1) is 11.6 Å². The molecule has 0 unspecified atom stereocenters. The first kappa shape index (κ1) is 17.0. The lowest BCUT2D eigenvalue weighted by atomic mass is 10.1. The molecule has 0 bridgehead atoms. The Kier molecular flexibility index (Phi) is 5.03. The van der Waals surface area contributed by atoms with E-state index in [2.05, 4.69) is 5.32 Å². The Hall–Kier alpha value is -2.82. The molecule has 2 N–H and O–H groups in total. The highest BCUT2D eigenvalue weighted by Gasteiger charge is 2.35. The van der Waals surface area contributed by atoms with Crippen molar-refractivity contribution in [1.29, 1.82) is 0 Å². The summed E-state index contributed by atoms with van der Waals surface area (Å²) in [5, 5.41) is 12.9. The smallest absolute Gasteiger partial charge is 0.258 e. The lowest BCUT2D eigenvalue weighted by Gasteiger charge is -2.26. The molecule has 0 spiro atoms. The summed E-state index contributed by atoms with van der Waals surface area (Å²) in [4.78, 5) is 27.0. The van der Waals surface area contributed by atoms with Gasteiger partial charge in [0.1, 0.15) is 11.8 Å². The summed E-state index contributed by atoms with van der Waals surface area (Å²) >= 11 is 0. The Morgan fingerprint density at radius 2 is 1.80 bits per heavy atom. The van der Waals surface area contributed by atoms with Crippen LogP contribution >= 0.6 is 0 Å². The average Bonchev–Trinajstić information content (AvgIpc) is 3.12. The molecule has 1 fully saturated rings. The van der Waals surface area contributed by atoms with Crippen LogP contribution in [0.25, 0.3) is 0 Å². The second-order valence-corrected chi connectivity index (χ2v) is 6.31. The summed E-state index contributed by atoms with van der Waals surface area (Å²) in [6.45, 7) is 2.45. The van der Waals surface area contributed by atoms with Gasteiger partial charge in [-0.05, 0) is 37.5 Å². The molecule has 1 aliphatic heterocycles. The number of likely N-dealkylation sites (tertiary alicyclic amines) is 1. The molecule has 1 saturated heterocycles. The van der Waals surface area contributed by atoms with Crippen LogP contribution in [0.4, 0.5) is 0 Å². The summed E-state index contributed by atoms with van der Waals surface area (Å²) in [5.41, 5.74) is 1.26. The van der Waals surface area contributed by atoms with E-state index in [1.54, 1.807) is 23.1 Å². The Labute approximate surface area is 147 Å². The third-order valence-electron chi connectivity index (χ3n) is 4.61. The van der Waals surface area contributed by atoms with Gasteiger partial charge in [-0.15, -0.1) is 0 Å². The lowest BCUT2D eigenvalue weighted by molar-refractivity contribution is -0.125. The highest BCUT2D eigenvalue weighted by atomic mass is 16.3. The van der Waals surface area contributed by atoms with E-state index in [0.29, 0.717) is 13.0 Å². The minimum absolute atomic E-state index is 0.0591. The number of phenols is 1. The fourth-order valence-electron chi connectivity index (χ4n) is 3.23. The molecule has 2 aromatic rings. The summed E-state index contributed by atoms with van der Waals surface area (Å²) in [6, 6.07) is 15.5. The van der Waals surface area contributed by atoms with Crippen molar-refractivity contribution in [3.8, 4) is 5.75 Å². The van der Waals surface area contributed by atoms with Crippen molar-refractivity contribution in [2.45, 2.75) is 31.8 Å². The molecular weight excluding hydrogens is 316 g/mol. The molecule has 5 heteroatoms. The molecule has 2 aromatic carbocycles. The second-order valence-electron chi connectivity index (χ2n) is 6.31. The highest BCUT2D eigenvalue weighted by Crippen LogP contribution is 2.25. The van der Waals surface area contributed by atoms with E-state index in [1.165, 1.54) is 6.07 Å². The van der Waals surface area contributed by atoms with E-state index >= 15 is 0 Å². The summed E-state index contributed by atoms with van der Waals surface area (Å²) in [6.07, 6.45) is 1.41. The minimum Gasteiger partial charge on any atom is -0.507 e. The number of phenolic OH excluding ortho intramolecular Hbond substituents is 1. The molecule has 0 radical (unpaired) electrons. The van der Waals surface area contributed by atoms with E-state index in [0.717, 1.165) is 12.0 Å². The van der Waals surface area contributed by atoms with Crippen molar-refractivity contribution >= 4 is 11.8 Å². The quantitative estimate of drug-likeness (QED) is 0.900.